The first-order valence-electron chi connectivity index (χ1n) is 11.4. The first kappa shape index (κ1) is 24.5. The molecule has 3 aromatic rings. The smallest absolute Gasteiger partial charge is 0.263 e. The second-order valence-electron chi connectivity index (χ2n) is 8.23. The predicted octanol–water partition coefficient (Wildman–Crippen LogP) is 3.58. The number of thioether (sulfide) groups is 1. The van der Waals surface area contributed by atoms with Gasteiger partial charge in [0.25, 0.3) is 5.56 Å². The maximum Gasteiger partial charge on any atom is 0.263 e. The first-order valence-corrected chi connectivity index (χ1v) is 13.2. The largest absolute Gasteiger partial charge is 0.492 e. The number of carbonyl (C=O) groups is 1. The van der Waals surface area contributed by atoms with E-state index in [4.69, 9.17) is 9.72 Å². The van der Waals surface area contributed by atoms with E-state index in [0.29, 0.717) is 36.8 Å². The van der Waals surface area contributed by atoms with Crippen LogP contribution >= 0.6 is 23.1 Å². The van der Waals surface area contributed by atoms with Crippen molar-refractivity contribution in [2.24, 2.45) is 0 Å². The van der Waals surface area contributed by atoms with Crippen molar-refractivity contribution in [1.82, 2.24) is 19.4 Å². The van der Waals surface area contributed by atoms with Gasteiger partial charge in [-0.1, -0.05) is 36.0 Å². The topological polar surface area (TPSA) is 67.7 Å². The van der Waals surface area contributed by atoms with Gasteiger partial charge in [-0.25, -0.2) is 4.98 Å². The quantitative estimate of drug-likeness (QED) is 0.255. The number of para-hydroxylation sites is 1. The molecule has 0 N–H and O–H groups in total. The summed E-state index contributed by atoms with van der Waals surface area (Å²) >= 11 is 2.86. The van der Waals surface area contributed by atoms with Crippen molar-refractivity contribution in [1.29, 1.82) is 0 Å². The Bertz CT molecular complexity index is 1210. The number of allylic oxidation sites excluding steroid dienone is 1. The van der Waals surface area contributed by atoms with Crippen LogP contribution in [0.1, 0.15) is 10.4 Å². The van der Waals surface area contributed by atoms with Crippen LogP contribution in [0.25, 0.3) is 10.2 Å². The zero-order valence-electron chi connectivity index (χ0n) is 19.7. The third-order valence-corrected chi connectivity index (χ3v) is 8.10. The van der Waals surface area contributed by atoms with Crippen molar-refractivity contribution in [3.63, 3.8) is 0 Å². The molecule has 1 aliphatic rings. The fourth-order valence-corrected chi connectivity index (χ4v) is 5.94. The molecule has 0 bridgehead atoms. The van der Waals surface area contributed by atoms with Crippen LogP contribution in [0.3, 0.4) is 0 Å². The van der Waals surface area contributed by atoms with E-state index in [2.05, 4.69) is 11.5 Å². The molecule has 0 unspecified atom stereocenters. The highest BCUT2D eigenvalue weighted by Gasteiger charge is 2.22. The third kappa shape index (κ3) is 5.54. The lowest BCUT2D eigenvalue weighted by atomic mass is 10.2. The van der Waals surface area contributed by atoms with E-state index in [1.807, 2.05) is 49.1 Å². The van der Waals surface area contributed by atoms with E-state index in [0.717, 1.165) is 40.7 Å². The fourth-order valence-electron chi connectivity index (χ4n) is 3.96. The number of amides is 1. The van der Waals surface area contributed by atoms with Gasteiger partial charge in [0.05, 0.1) is 11.1 Å². The summed E-state index contributed by atoms with van der Waals surface area (Å²) < 4.78 is 7.41. The number of aryl methyl sites for hydroxylation is 2. The molecular formula is C25H30N4O3S2. The van der Waals surface area contributed by atoms with Crippen molar-refractivity contribution >= 4 is 39.2 Å². The summed E-state index contributed by atoms with van der Waals surface area (Å²) in [5, 5.41) is 1.25. The van der Waals surface area contributed by atoms with E-state index in [-0.39, 0.29) is 17.2 Å². The second-order valence-corrected chi connectivity index (χ2v) is 10.4. The summed E-state index contributed by atoms with van der Waals surface area (Å²) in [4.78, 5) is 36.7. The van der Waals surface area contributed by atoms with Gasteiger partial charge < -0.3 is 9.64 Å². The van der Waals surface area contributed by atoms with Gasteiger partial charge in [-0.05, 0) is 31.5 Å². The maximum atomic E-state index is 13.1. The molecule has 2 aromatic heterocycles. The number of piperazine rings is 1. The zero-order valence-corrected chi connectivity index (χ0v) is 21.3. The van der Waals surface area contributed by atoms with Crippen LogP contribution in [-0.2, 0) is 11.3 Å². The normalized spacial score (nSPS) is 14.5. The number of fused-ring (bicyclic) bond motifs is 1. The number of hydrogen-bond donors (Lipinski definition) is 0. The Kier molecular flexibility index (Phi) is 8.07. The zero-order chi connectivity index (χ0) is 24.1. The van der Waals surface area contributed by atoms with E-state index in [1.54, 1.807) is 10.6 Å². The van der Waals surface area contributed by atoms with Gasteiger partial charge >= 0.3 is 0 Å². The molecule has 1 aromatic carbocycles. The Hall–Kier alpha value is -2.62. The molecule has 1 amide bonds. The monoisotopic (exact) mass is 498 g/mol. The molecule has 0 atom stereocenters. The molecular weight excluding hydrogens is 468 g/mol. The number of benzene rings is 1. The fraction of sp³-hybridized carbons (Fsp3) is 0.400. The molecule has 0 saturated carbocycles. The maximum absolute atomic E-state index is 13.1. The summed E-state index contributed by atoms with van der Waals surface area (Å²) in [6, 6.07) is 9.81. The van der Waals surface area contributed by atoms with Gasteiger partial charge in [-0.2, -0.15) is 0 Å². The highest BCUT2D eigenvalue weighted by Crippen LogP contribution is 2.28. The second kappa shape index (κ2) is 11.2. The first-order chi connectivity index (χ1) is 16.5. The predicted molar refractivity (Wildman–Crippen MR) is 139 cm³/mol. The van der Waals surface area contributed by atoms with E-state index < -0.39 is 0 Å². The summed E-state index contributed by atoms with van der Waals surface area (Å²) in [5.74, 6) is 1.21. The number of thiophene rings is 1. The lowest BCUT2D eigenvalue weighted by molar-refractivity contribution is -0.130. The van der Waals surface area contributed by atoms with Gasteiger partial charge in [0.2, 0.25) is 5.91 Å². The number of nitrogens with zero attached hydrogens (tertiary/aromatic N) is 4. The molecule has 4 rings (SSSR count). The van der Waals surface area contributed by atoms with Crippen LogP contribution < -0.4 is 10.3 Å². The van der Waals surface area contributed by atoms with E-state index >= 15 is 0 Å². The standard InChI is InChI=1S/C25H30N4O3S2/c1-4-10-29-24(31)22-18(2)19(3)34-23(22)26-25(29)33-17-21(30)28-13-11-27(12-14-28)15-16-32-20-8-6-5-7-9-20/h4-9H,1,10-17H2,2-3H3. The van der Waals surface area contributed by atoms with Crippen molar-refractivity contribution in [3.05, 3.63) is 63.8 Å². The third-order valence-electron chi connectivity index (χ3n) is 6.03. The van der Waals surface area contributed by atoms with Gasteiger partial charge in [0, 0.05) is 44.1 Å². The van der Waals surface area contributed by atoms with Crippen LogP contribution in [0.2, 0.25) is 0 Å². The van der Waals surface area contributed by atoms with E-state index in [1.165, 1.54) is 23.1 Å². The number of hydrogen-bond acceptors (Lipinski definition) is 7. The average molecular weight is 499 g/mol. The molecule has 1 fully saturated rings. The minimum Gasteiger partial charge on any atom is -0.492 e. The van der Waals surface area contributed by atoms with Gasteiger partial charge in [0.1, 0.15) is 17.2 Å². The van der Waals surface area contributed by atoms with Crippen molar-refractivity contribution in [2.45, 2.75) is 25.5 Å². The highest BCUT2D eigenvalue weighted by atomic mass is 32.2. The van der Waals surface area contributed by atoms with Crippen LogP contribution in [0.4, 0.5) is 0 Å². The lowest BCUT2D eigenvalue weighted by Crippen LogP contribution is -2.50. The number of rotatable bonds is 9. The van der Waals surface area contributed by atoms with Gasteiger partial charge in [0.15, 0.2) is 5.16 Å². The molecule has 3 heterocycles. The van der Waals surface area contributed by atoms with Crippen molar-refractivity contribution in [2.75, 3.05) is 45.1 Å². The van der Waals surface area contributed by atoms with Crippen LogP contribution in [0.15, 0.2) is 52.9 Å². The number of aromatic nitrogens is 2. The van der Waals surface area contributed by atoms with Crippen molar-refractivity contribution in [3.8, 4) is 5.75 Å². The minimum absolute atomic E-state index is 0.0620. The molecule has 1 saturated heterocycles. The molecule has 0 spiro atoms. The Balaban J connectivity index is 1.31. The van der Waals surface area contributed by atoms with E-state index in [9.17, 15) is 9.59 Å². The number of ether oxygens (including phenoxy) is 1. The molecule has 1 aliphatic heterocycles. The highest BCUT2D eigenvalue weighted by molar-refractivity contribution is 7.99. The van der Waals surface area contributed by atoms with Crippen molar-refractivity contribution < 1.29 is 9.53 Å². The summed E-state index contributed by atoms with van der Waals surface area (Å²) in [6.45, 7) is 12.6. The molecule has 7 nitrogen and oxygen atoms in total. The van der Waals surface area contributed by atoms with Gasteiger partial charge in [-0.15, -0.1) is 17.9 Å². The Morgan fingerprint density at radius 1 is 1.21 bits per heavy atom. The molecule has 180 valence electrons. The van der Waals surface area contributed by atoms with Crippen LogP contribution in [0, 0.1) is 13.8 Å². The molecule has 9 heteroatoms. The number of carbonyl (C=O) groups excluding carboxylic acids is 1. The Labute approximate surface area is 208 Å². The van der Waals surface area contributed by atoms with Crippen LogP contribution in [0.5, 0.6) is 5.75 Å². The Morgan fingerprint density at radius 2 is 1.94 bits per heavy atom. The minimum atomic E-state index is -0.0620. The summed E-state index contributed by atoms with van der Waals surface area (Å²) in [5.41, 5.74) is 0.919. The molecule has 0 aliphatic carbocycles. The Morgan fingerprint density at radius 3 is 2.65 bits per heavy atom. The molecule has 34 heavy (non-hydrogen) atoms. The summed E-state index contributed by atoms with van der Waals surface area (Å²) in [6.07, 6.45) is 1.69. The molecule has 0 radical (unpaired) electrons. The lowest BCUT2D eigenvalue weighted by Gasteiger charge is -2.34. The average Bonchev–Trinajstić information content (AvgIpc) is 3.14. The summed E-state index contributed by atoms with van der Waals surface area (Å²) in [7, 11) is 0. The van der Waals surface area contributed by atoms with Gasteiger partial charge in [-0.3, -0.25) is 19.1 Å². The van der Waals surface area contributed by atoms with Crippen LogP contribution in [-0.4, -0.2) is 70.3 Å². The SMILES string of the molecule is C=CCn1c(SCC(=O)N2CCN(CCOc3ccccc3)CC2)nc2sc(C)c(C)c2c1=O.